The zero-order valence-electron chi connectivity index (χ0n) is 12.2. The minimum atomic E-state index is -0.420. The third-order valence-electron chi connectivity index (χ3n) is 3.08. The molecule has 2 rings (SSSR count). The van der Waals surface area contributed by atoms with Gasteiger partial charge in [-0.05, 0) is 48.5 Å². The Morgan fingerprint density at radius 3 is 2.18 bits per heavy atom. The van der Waals surface area contributed by atoms with Crippen LogP contribution in [0, 0.1) is 0 Å². The monoisotopic (exact) mass is 318 g/mol. The first kappa shape index (κ1) is 15.9. The zero-order chi connectivity index (χ0) is 16.1. The maximum atomic E-state index is 12.2. The van der Waals surface area contributed by atoms with E-state index in [1.54, 1.807) is 55.6 Å². The highest BCUT2D eigenvalue weighted by atomic mass is 35.5. The summed E-state index contributed by atoms with van der Waals surface area (Å²) in [6.45, 7) is 0. The van der Waals surface area contributed by atoms with Crippen molar-refractivity contribution < 1.29 is 14.3 Å². The lowest BCUT2D eigenvalue weighted by Crippen LogP contribution is -2.31. The molecule has 114 valence electrons. The molecule has 0 heterocycles. The van der Waals surface area contributed by atoms with Crippen molar-refractivity contribution in [3.63, 3.8) is 0 Å². The van der Waals surface area contributed by atoms with E-state index in [9.17, 15) is 9.59 Å². The summed E-state index contributed by atoms with van der Waals surface area (Å²) in [6, 6.07) is 13.1. The number of carbonyl (C=O) groups is 2. The van der Waals surface area contributed by atoms with E-state index in [1.807, 2.05) is 0 Å². The fourth-order valence-corrected chi connectivity index (χ4v) is 1.92. The van der Waals surface area contributed by atoms with Crippen LogP contribution < -0.4 is 10.2 Å². The van der Waals surface area contributed by atoms with Gasteiger partial charge in [0, 0.05) is 23.4 Å². The van der Waals surface area contributed by atoms with E-state index >= 15 is 0 Å². The van der Waals surface area contributed by atoms with Crippen LogP contribution >= 0.6 is 11.6 Å². The first-order chi connectivity index (χ1) is 10.5. The van der Waals surface area contributed by atoms with Crippen molar-refractivity contribution in [1.29, 1.82) is 0 Å². The Bertz CT molecular complexity index is 669. The summed E-state index contributed by atoms with van der Waals surface area (Å²) in [5, 5.41) is 3.35. The number of amides is 2. The summed E-state index contributed by atoms with van der Waals surface area (Å²) in [7, 11) is 2.97. The summed E-state index contributed by atoms with van der Waals surface area (Å²) in [5.74, 6) is -0.420. The van der Waals surface area contributed by atoms with Gasteiger partial charge in [-0.15, -0.1) is 0 Å². The molecule has 0 aliphatic heterocycles. The van der Waals surface area contributed by atoms with Crippen LogP contribution in [0.15, 0.2) is 48.5 Å². The second-order valence-corrected chi connectivity index (χ2v) is 4.97. The number of ether oxygens (including phenoxy) is 1. The predicted octanol–water partition coefficient (Wildman–Crippen LogP) is 3.79. The van der Waals surface area contributed by atoms with Gasteiger partial charge in [0.25, 0.3) is 0 Å². The molecule has 2 aromatic rings. The van der Waals surface area contributed by atoms with Gasteiger partial charge in [-0.1, -0.05) is 11.6 Å². The highest BCUT2D eigenvalue weighted by molar-refractivity contribution is 6.30. The Balaban J connectivity index is 2.05. The Morgan fingerprint density at radius 2 is 1.64 bits per heavy atom. The molecule has 0 fully saturated rings. The van der Waals surface area contributed by atoms with Crippen LogP contribution in [0.5, 0.6) is 0 Å². The first-order valence-corrected chi connectivity index (χ1v) is 6.87. The van der Waals surface area contributed by atoms with E-state index < -0.39 is 5.97 Å². The van der Waals surface area contributed by atoms with Crippen molar-refractivity contribution in [3.05, 3.63) is 59.1 Å². The van der Waals surface area contributed by atoms with Gasteiger partial charge >= 0.3 is 12.0 Å². The van der Waals surface area contributed by atoms with Crippen molar-refractivity contribution in [2.75, 3.05) is 24.4 Å². The second kappa shape index (κ2) is 6.95. The first-order valence-electron chi connectivity index (χ1n) is 6.50. The number of nitrogens with one attached hydrogen (secondary N) is 1. The fourth-order valence-electron chi connectivity index (χ4n) is 1.80. The zero-order valence-corrected chi connectivity index (χ0v) is 12.9. The molecule has 2 amide bonds. The standard InChI is InChI=1S/C16H15ClN2O3/c1-19(14-9-5-12(17)6-10-14)16(21)18-13-7-3-11(4-8-13)15(20)22-2/h3-10H,1-2H3,(H,18,21). The molecule has 0 radical (unpaired) electrons. The number of rotatable bonds is 3. The number of hydrogen-bond donors (Lipinski definition) is 1. The van der Waals surface area contributed by atoms with Gasteiger partial charge in [0.15, 0.2) is 0 Å². The molecule has 5 nitrogen and oxygen atoms in total. The lowest BCUT2D eigenvalue weighted by atomic mass is 10.2. The van der Waals surface area contributed by atoms with Crippen LogP contribution in [0.2, 0.25) is 5.02 Å². The third-order valence-corrected chi connectivity index (χ3v) is 3.33. The number of nitrogens with zero attached hydrogens (tertiary/aromatic N) is 1. The van der Waals surface area contributed by atoms with E-state index in [4.69, 9.17) is 11.6 Å². The van der Waals surface area contributed by atoms with Gasteiger partial charge in [0.05, 0.1) is 12.7 Å². The maximum Gasteiger partial charge on any atom is 0.337 e. The minimum Gasteiger partial charge on any atom is -0.465 e. The average molecular weight is 319 g/mol. The summed E-state index contributed by atoms with van der Waals surface area (Å²) in [6.07, 6.45) is 0. The largest absolute Gasteiger partial charge is 0.465 e. The molecule has 22 heavy (non-hydrogen) atoms. The Kier molecular flexibility index (Phi) is 5.01. The molecule has 1 N–H and O–H groups in total. The van der Waals surface area contributed by atoms with Crippen molar-refractivity contribution in [1.82, 2.24) is 0 Å². The number of methoxy groups -OCH3 is 1. The van der Waals surface area contributed by atoms with Gasteiger partial charge in [-0.25, -0.2) is 9.59 Å². The molecule has 0 aliphatic rings. The molecule has 0 aromatic heterocycles. The number of urea groups is 1. The highest BCUT2D eigenvalue weighted by Gasteiger charge is 2.11. The summed E-state index contributed by atoms with van der Waals surface area (Å²) >= 11 is 5.82. The van der Waals surface area contributed by atoms with E-state index in [-0.39, 0.29) is 6.03 Å². The van der Waals surface area contributed by atoms with Gasteiger partial charge in [0.1, 0.15) is 0 Å². The number of benzene rings is 2. The molecule has 6 heteroatoms. The van der Waals surface area contributed by atoms with Crippen LogP contribution in [-0.2, 0) is 4.74 Å². The average Bonchev–Trinajstić information content (AvgIpc) is 2.54. The molecule has 0 saturated heterocycles. The topological polar surface area (TPSA) is 58.6 Å². The lowest BCUT2D eigenvalue weighted by Gasteiger charge is -2.18. The van der Waals surface area contributed by atoms with E-state index in [2.05, 4.69) is 10.1 Å². The molecule has 0 aliphatic carbocycles. The quantitative estimate of drug-likeness (QED) is 0.876. The van der Waals surface area contributed by atoms with Crippen LogP contribution in [0.1, 0.15) is 10.4 Å². The smallest absolute Gasteiger partial charge is 0.337 e. The Morgan fingerprint density at radius 1 is 1.05 bits per heavy atom. The van der Waals surface area contributed by atoms with E-state index in [1.165, 1.54) is 12.0 Å². The Labute approximate surface area is 133 Å². The Hall–Kier alpha value is -2.53. The van der Waals surface area contributed by atoms with Crippen molar-refractivity contribution in [3.8, 4) is 0 Å². The number of hydrogen-bond acceptors (Lipinski definition) is 3. The van der Waals surface area contributed by atoms with Crippen molar-refractivity contribution in [2.45, 2.75) is 0 Å². The van der Waals surface area contributed by atoms with Crippen LogP contribution in [-0.4, -0.2) is 26.2 Å². The number of esters is 1. The molecule has 0 spiro atoms. The van der Waals surface area contributed by atoms with Gasteiger partial charge in [-0.3, -0.25) is 4.90 Å². The summed E-state index contributed by atoms with van der Waals surface area (Å²) in [5.41, 5.74) is 1.72. The van der Waals surface area contributed by atoms with Crippen LogP contribution in [0.3, 0.4) is 0 Å². The molecule has 0 unspecified atom stereocenters. The normalized spacial score (nSPS) is 9.95. The van der Waals surface area contributed by atoms with E-state index in [0.29, 0.717) is 22.0 Å². The van der Waals surface area contributed by atoms with Crippen LogP contribution in [0.25, 0.3) is 0 Å². The molecular formula is C16H15ClN2O3. The predicted molar refractivity (Wildman–Crippen MR) is 86.7 cm³/mol. The van der Waals surface area contributed by atoms with Crippen LogP contribution in [0.4, 0.5) is 16.2 Å². The van der Waals surface area contributed by atoms with Crippen molar-refractivity contribution in [2.24, 2.45) is 0 Å². The van der Waals surface area contributed by atoms with Crippen molar-refractivity contribution >= 4 is 35.0 Å². The van der Waals surface area contributed by atoms with Gasteiger partial charge in [-0.2, -0.15) is 0 Å². The SMILES string of the molecule is COC(=O)c1ccc(NC(=O)N(C)c2ccc(Cl)cc2)cc1. The fraction of sp³-hybridized carbons (Fsp3) is 0.125. The maximum absolute atomic E-state index is 12.2. The summed E-state index contributed by atoms with van der Waals surface area (Å²) < 4.78 is 4.62. The number of carbonyl (C=O) groups excluding carboxylic acids is 2. The highest BCUT2D eigenvalue weighted by Crippen LogP contribution is 2.18. The van der Waals surface area contributed by atoms with Gasteiger partial charge < -0.3 is 10.1 Å². The third kappa shape index (κ3) is 3.77. The number of halogens is 1. The molecule has 2 aromatic carbocycles. The van der Waals surface area contributed by atoms with E-state index in [0.717, 1.165) is 0 Å². The molecule has 0 atom stereocenters. The molecule has 0 saturated carbocycles. The number of anilines is 2. The van der Waals surface area contributed by atoms with Gasteiger partial charge in [0.2, 0.25) is 0 Å². The second-order valence-electron chi connectivity index (χ2n) is 4.53. The lowest BCUT2D eigenvalue weighted by molar-refractivity contribution is 0.0601. The molecule has 0 bridgehead atoms. The molecular weight excluding hydrogens is 304 g/mol. The minimum absolute atomic E-state index is 0.298. The summed E-state index contributed by atoms with van der Waals surface area (Å²) in [4.78, 5) is 25.0.